The van der Waals surface area contributed by atoms with Crippen LogP contribution in [0.15, 0.2) is 18.2 Å². The zero-order valence-electron chi connectivity index (χ0n) is 10.8. The molecule has 0 aliphatic rings. The number of rotatable bonds is 4. The standard InChI is InChI=1S/C13H15F2N3O/c1-8(2)18-12(16-17-13(18)7-19)6-9-10(14)4-3-5-11(9)15/h3-5,8,19H,6-7H2,1-2H3. The molecule has 0 bridgehead atoms. The summed E-state index contributed by atoms with van der Waals surface area (Å²) in [4.78, 5) is 0. The number of benzene rings is 1. The molecule has 0 atom stereocenters. The first-order valence-corrected chi connectivity index (χ1v) is 6.01. The van der Waals surface area contributed by atoms with E-state index >= 15 is 0 Å². The number of hydrogen-bond donors (Lipinski definition) is 1. The molecule has 1 N–H and O–H groups in total. The van der Waals surface area contributed by atoms with Crippen LogP contribution in [-0.4, -0.2) is 19.9 Å². The molecule has 0 fully saturated rings. The number of hydrogen-bond acceptors (Lipinski definition) is 3. The lowest BCUT2D eigenvalue weighted by atomic mass is 10.1. The maximum atomic E-state index is 13.6. The molecule has 6 heteroatoms. The Labute approximate surface area is 109 Å². The van der Waals surface area contributed by atoms with Gasteiger partial charge in [0.15, 0.2) is 5.82 Å². The molecule has 0 spiro atoms. The van der Waals surface area contributed by atoms with E-state index < -0.39 is 11.6 Å². The van der Waals surface area contributed by atoms with E-state index in [1.165, 1.54) is 18.2 Å². The fourth-order valence-electron chi connectivity index (χ4n) is 2.04. The van der Waals surface area contributed by atoms with Crippen LogP contribution in [0.3, 0.4) is 0 Å². The predicted octanol–water partition coefficient (Wildman–Crippen LogP) is 2.22. The minimum atomic E-state index is -0.608. The van der Waals surface area contributed by atoms with E-state index in [2.05, 4.69) is 10.2 Å². The van der Waals surface area contributed by atoms with Crippen molar-refractivity contribution >= 4 is 0 Å². The Hall–Kier alpha value is -1.82. The van der Waals surface area contributed by atoms with Gasteiger partial charge < -0.3 is 9.67 Å². The summed E-state index contributed by atoms with van der Waals surface area (Å²) in [5.41, 5.74) is -0.0405. The lowest BCUT2D eigenvalue weighted by molar-refractivity contribution is 0.261. The number of halogens is 2. The smallest absolute Gasteiger partial charge is 0.159 e. The Kier molecular flexibility index (Phi) is 3.90. The van der Waals surface area contributed by atoms with Crippen molar-refractivity contribution in [1.29, 1.82) is 0 Å². The van der Waals surface area contributed by atoms with Gasteiger partial charge in [0, 0.05) is 18.0 Å². The molecular weight excluding hydrogens is 252 g/mol. The molecule has 1 aromatic heterocycles. The SMILES string of the molecule is CC(C)n1c(CO)nnc1Cc1c(F)cccc1F. The monoisotopic (exact) mass is 267 g/mol. The van der Waals surface area contributed by atoms with E-state index in [9.17, 15) is 13.9 Å². The topological polar surface area (TPSA) is 50.9 Å². The molecule has 0 amide bonds. The van der Waals surface area contributed by atoms with Crippen LogP contribution < -0.4 is 0 Å². The van der Waals surface area contributed by atoms with Crippen molar-refractivity contribution in [2.75, 3.05) is 0 Å². The summed E-state index contributed by atoms with van der Waals surface area (Å²) in [5.74, 6) is -0.391. The van der Waals surface area contributed by atoms with E-state index in [1.807, 2.05) is 13.8 Å². The van der Waals surface area contributed by atoms with Gasteiger partial charge in [0.05, 0.1) is 0 Å². The highest BCUT2D eigenvalue weighted by molar-refractivity contribution is 5.23. The number of aliphatic hydroxyl groups is 1. The first kappa shape index (κ1) is 13.6. The summed E-state index contributed by atoms with van der Waals surface area (Å²) in [7, 11) is 0. The summed E-state index contributed by atoms with van der Waals surface area (Å²) < 4.78 is 28.9. The van der Waals surface area contributed by atoms with Crippen LogP contribution in [0.25, 0.3) is 0 Å². The molecule has 19 heavy (non-hydrogen) atoms. The third-order valence-electron chi connectivity index (χ3n) is 2.89. The van der Waals surface area contributed by atoms with Crippen molar-refractivity contribution in [2.24, 2.45) is 0 Å². The maximum Gasteiger partial charge on any atom is 0.159 e. The highest BCUT2D eigenvalue weighted by Crippen LogP contribution is 2.19. The summed E-state index contributed by atoms with van der Waals surface area (Å²) in [5, 5.41) is 16.9. The number of nitrogens with zero attached hydrogens (tertiary/aromatic N) is 3. The van der Waals surface area contributed by atoms with Gasteiger partial charge in [-0.05, 0) is 26.0 Å². The lowest BCUT2D eigenvalue weighted by Crippen LogP contribution is -2.12. The Morgan fingerprint density at radius 3 is 2.26 bits per heavy atom. The average molecular weight is 267 g/mol. The molecule has 0 radical (unpaired) electrons. The fraction of sp³-hybridized carbons (Fsp3) is 0.385. The summed E-state index contributed by atoms with van der Waals surface area (Å²) >= 11 is 0. The van der Waals surface area contributed by atoms with Crippen molar-refractivity contribution < 1.29 is 13.9 Å². The highest BCUT2D eigenvalue weighted by Gasteiger charge is 2.17. The van der Waals surface area contributed by atoms with Gasteiger partial charge in [0.1, 0.15) is 24.1 Å². The third kappa shape index (κ3) is 2.63. The van der Waals surface area contributed by atoms with Gasteiger partial charge in [-0.3, -0.25) is 0 Å². The van der Waals surface area contributed by atoms with Crippen LogP contribution in [0, 0.1) is 11.6 Å². The Morgan fingerprint density at radius 2 is 1.74 bits per heavy atom. The van der Waals surface area contributed by atoms with E-state index in [-0.39, 0.29) is 24.6 Å². The van der Waals surface area contributed by atoms with Gasteiger partial charge in [-0.15, -0.1) is 10.2 Å². The van der Waals surface area contributed by atoms with E-state index in [0.29, 0.717) is 11.6 Å². The zero-order valence-corrected chi connectivity index (χ0v) is 10.8. The van der Waals surface area contributed by atoms with Crippen molar-refractivity contribution in [3.05, 3.63) is 47.0 Å². The molecule has 1 aromatic carbocycles. The van der Waals surface area contributed by atoms with Crippen LogP contribution in [0.4, 0.5) is 8.78 Å². The van der Waals surface area contributed by atoms with Gasteiger partial charge in [-0.2, -0.15) is 0 Å². The summed E-state index contributed by atoms with van der Waals surface area (Å²) in [6.45, 7) is 3.53. The van der Waals surface area contributed by atoms with E-state index in [1.54, 1.807) is 4.57 Å². The minimum absolute atomic E-state index is 0.00184. The van der Waals surface area contributed by atoms with Crippen LogP contribution in [0.2, 0.25) is 0 Å². The molecule has 2 rings (SSSR count). The molecular formula is C13H15F2N3O. The van der Waals surface area contributed by atoms with Gasteiger partial charge in [0.2, 0.25) is 0 Å². The molecule has 2 aromatic rings. The maximum absolute atomic E-state index is 13.6. The van der Waals surface area contributed by atoms with Gasteiger partial charge in [-0.25, -0.2) is 8.78 Å². The summed E-state index contributed by atoms with van der Waals surface area (Å²) in [6.07, 6.45) is 0.00366. The zero-order chi connectivity index (χ0) is 14.0. The van der Waals surface area contributed by atoms with Crippen LogP contribution in [0.1, 0.15) is 37.1 Å². The molecule has 1 heterocycles. The second kappa shape index (κ2) is 5.44. The minimum Gasteiger partial charge on any atom is -0.388 e. The Bertz CT molecular complexity index is 561. The predicted molar refractivity (Wildman–Crippen MR) is 65.5 cm³/mol. The highest BCUT2D eigenvalue weighted by atomic mass is 19.1. The first-order chi connectivity index (χ1) is 9.04. The van der Waals surface area contributed by atoms with Crippen LogP contribution in [-0.2, 0) is 13.0 Å². The normalized spacial score (nSPS) is 11.3. The van der Waals surface area contributed by atoms with Crippen molar-refractivity contribution in [3.63, 3.8) is 0 Å². The molecule has 0 saturated carbocycles. The third-order valence-corrected chi connectivity index (χ3v) is 2.89. The fourth-order valence-corrected chi connectivity index (χ4v) is 2.04. The Morgan fingerprint density at radius 1 is 1.16 bits per heavy atom. The first-order valence-electron chi connectivity index (χ1n) is 6.01. The van der Waals surface area contributed by atoms with Crippen molar-refractivity contribution in [2.45, 2.75) is 32.9 Å². The number of aliphatic hydroxyl groups excluding tert-OH is 1. The quantitative estimate of drug-likeness (QED) is 0.924. The van der Waals surface area contributed by atoms with Crippen molar-refractivity contribution in [1.82, 2.24) is 14.8 Å². The van der Waals surface area contributed by atoms with Crippen LogP contribution >= 0.6 is 0 Å². The molecule has 4 nitrogen and oxygen atoms in total. The van der Waals surface area contributed by atoms with Gasteiger partial charge >= 0.3 is 0 Å². The van der Waals surface area contributed by atoms with Crippen LogP contribution in [0.5, 0.6) is 0 Å². The van der Waals surface area contributed by atoms with Gasteiger partial charge in [0.25, 0.3) is 0 Å². The number of aromatic nitrogens is 3. The van der Waals surface area contributed by atoms with E-state index in [0.717, 1.165) is 0 Å². The van der Waals surface area contributed by atoms with E-state index in [4.69, 9.17) is 0 Å². The Balaban J connectivity index is 2.41. The molecule has 0 aliphatic heterocycles. The second-order valence-corrected chi connectivity index (χ2v) is 4.53. The average Bonchev–Trinajstić information content (AvgIpc) is 2.77. The molecule has 0 saturated heterocycles. The molecule has 0 aliphatic carbocycles. The summed E-state index contributed by atoms with van der Waals surface area (Å²) in [6, 6.07) is 3.74. The van der Waals surface area contributed by atoms with Crippen molar-refractivity contribution in [3.8, 4) is 0 Å². The second-order valence-electron chi connectivity index (χ2n) is 4.53. The van der Waals surface area contributed by atoms with Gasteiger partial charge in [-0.1, -0.05) is 6.07 Å². The molecule has 0 unspecified atom stereocenters. The lowest BCUT2D eigenvalue weighted by Gasteiger charge is -2.13. The molecule has 102 valence electrons. The largest absolute Gasteiger partial charge is 0.388 e.